The van der Waals surface area contributed by atoms with Crippen LogP contribution in [0, 0.1) is 11.6 Å². The van der Waals surface area contributed by atoms with Crippen molar-refractivity contribution in [1.29, 1.82) is 0 Å². The molecule has 0 amide bonds. The predicted molar refractivity (Wildman–Crippen MR) is 94.2 cm³/mol. The van der Waals surface area contributed by atoms with Crippen molar-refractivity contribution < 1.29 is 13.5 Å². The molecule has 0 unspecified atom stereocenters. The minimum absolute atomic E-state index is 0.0876. The van der Waals surface area contributed by atoms with E-state index in [1.54, 1.807) is 24.4 Å². The Morgan fingerprint density at radius 3 is 2.52 bits per heavy atom. The lowest BCUT2D eigenvalue weighted by molar-refractivity contribution is 0.300. The van der Waals surface area contributed by atoms with Gasteiger partial charge < -0.3 is 16.2 Å². The maximum Gasteiger partial charge on any atom is 0.166 e. The van der Waals surface area contributed by atoms with Gasteiger partial charge in [-0.2, -0.15) is 0 Å². The van der Waals surface area contributed by atoms with Gasteiger partial charge in [-0.15, -0.1) is 0 Å². The monoisotopic (exact) mass is 361 g/mol. The normalized spacial score (nSPS) is 10.7. The third-order valence-electron chi connectivity index (χ3n) is 3.61. The summed E-state index contributed by atoms with van der Waals surface area (Å²) in [5, 5.41) is -0.321. The first-order valence-corrected chi connectivity index (χ1v) is 7.70. The molecule has 0 atom stereocenters. The summed E-state index contributed by atoms with van der Waals surface area (Å²) in [4.78, 5) is 4.07. The second kappa shape index (κ2) is 6.94. The van der Waals surface area contributed by atoms with Crippen LogP contribution in [0.4, 0.5) is 20.3 Å². The Morgan fingerprint density at radius 2 is 1.76 bits per heavy atom. The Morgan fingerprint density at radius 1 is 1.00 bits per heavy atom. The number of hydrogen-bond acceptors (Lipinski definition) is 4. The molecule has 0 radical (unpaired) electrons. The fourth-order valence-electron chi connectivity index (χ4n) is 2.30. The van der Waals surface area contributed by atoms with Crippen molar-refractivity contribution in [3.8, 4) is 16.9 Å². The minimum Gasteiger partial charge on any atom is -0.485 e. The zero-order chi connectivity index (χ0) is 18.0. The van der Waals surface area contributed by atoms with E-state index in [1.807, 2.05) is 12.1 Å². The van der Waals surface area contributed by atoms with Crippen molar-refractivity contribution in [2.75, 3.05) is 11.5 Å². The van der Waals surface area contributed by atoms with Crippen LogP contribution in [-0.4, -0.2) is 4.98 Å². The van der Waals surface area contributed by atoms with Crippen LogP contribution in [-0.2, 0) is 6.61 Å². The summed E-state index contributed by atoms with van der Waals surface area (Å²) in [5.41, 5.74) is 13.6. The third-order valence-corrected chi connectivity index (χ3v) is 4.02. The summed E-state index contributed by atoms with van der Waals surface area (Å²) in [5.74, 6) is -1.02. The summed E-state index contributed by atoms with van der Waals surface area (Å²) >= 11 is 5.79. The van der Waals surface area contributed by atoms with E-state index in [0.717, 1.165) is 23.3 Å². The van der Waals surface area contributed by atoms with Crippen molar-refractivity contribution in [3.63, 3.8) is 0 Å². The van der Waals surface area contributed by atoms with Crippen molar-refractivity contribution in [3.05, 3.63) is 70.9 Å². The number of nitrogen functional groups attached to an aromatic ring is 2. The van der Waals surface area contributed by atoms with Crippen LogP contribution in [0.5, 0.6) is 5.75 Å². The van der Waals surface area contributed by atoms with Gasteiger partial charge in [-0.25, -0.2) is 13.8 Å². The van der Waals surface area contributed by atoms with Crippen LogP contribution < -0.4 is 16.2 Å². The van der Waals surface area contributed by atoms with E-state index >= 15 is 0 Å². The average molecular weight is 362 g/mol. The van der Waals surface area contributed by atoms with Crippen LogP contribution in [0.2, 0.25) is 5.02 Å². The lowest BCUT2D eigenvalue weighted by Crippen LogP contribution is -2.04. The number of benzene rings is 2. The van der Waals surface area contributed by atoms with Gasteiger partial charge in [-0.05, 0) is 35.9 Å². The van der Waals surface area contributed by atoms with Gasteiger partial charge in [0, 0.05) is 23.0 Å². The summed E-state index contributed by atoms with van der Waals surface area (Å²) in [6.07, 6.45) is 1.58. The molecule has 0 bridgehead atoms. The number of nitrogens with zero attached hydrogens (tertiary/aromatic N) is 1. The second-order valence-corrected chi connectivity index (χ2v) is 5.72. The summed E-state index contributed by atoms with van der Waals surface area (Å²) in [7, 11) is 0. The van der Waals surface area contributed by atoms with E-state index in [-0.39, 0.29) is 28.8 Å². The quantitative estimate of drug-likeness (QED) is 0.532. The van der Waals surface area contributed by atoms with E-state index in [4.69, 9.17) is 27.8 Å². The zero-order valence-corrected chi connectivity index (χ0v) is 13.7. The molecule has 128 valence electrons. The molecule has 0 fully saturated rings. The molecule has 1 aromatic heterocycles. The van der Waals surface area contributed by atoms with E-state index in [0.29, 0.717) is 5.69 Å². The van der Waals surface area contributed by atoms with Gasteiger partial charge in [-0.1, -0.05) is 23.7 Å². The van der Waals surface area contributed by atoms with E-state index in [2.05, 4.69) is 4.98 Å². The number of ether oxygens (including phenoxy) is 1. The van der Waals surface area contributed by atoms with Gasteiger partial charge in [0.1, 0.15) is 18.2 Å². The van der Waals surface area contributed by atoms with Gasteiger partial charge in [0.25, 0.3) is 0 Å². The standard InChI is InChI=1S/C18H14ClF2N3O/c19-17-13(14(20)4-5-15(17)21)9-25-16-7-11(8-24-18(16)23)10-2-1-3-12(22)6-10/h1-8H,9,22H2,(H2,23,24). The molecule has 0 aliphatic heterocycles. The number of anilines is 2. The van der Waals surface area contributed by atoms with Crippen LogP contribution in [0.1, 0.15) is 5.56 Å². The Labute approximate surface area is 148 Å². The van der Waals surface area contributed by atoms with Crippen molar-refractivity contribution in [1.82, 2.24) is 4.98 Å². The number of nitrogens with two attached hydrogens (primary N) is 2. The predicted octanol–water partition coefficient (Wildman–Crippen LogP) is 4.42. The molecule has 0 aliphatic carbocycles. The Balaban J connectivity index is 1.89. The summed E-state index contributed by atoms with van der Waals surface area (Å²) < 4.78 is 32.8. The largest absolute Gasteiger partial charge is 0.485 e. The molecule has 2 aromatic carbocycles. The molecule has 0 saturated carbocycles. The molecule has 4 nitrogen and oxygen atoms in total. The SMILES string of the molecule is Nc1cccc(-c2cnc(N)c(OCc3c(F)ccc(F)c3Cl)c2)c1. The highest BCUT2D eigenvalue weighted by atomic mass is 35.5. The van der Waals surface area contributed by atoms with Gasteiger partial charge in [0.2, 0.25) is 0 Å². The summed E-state index contributed by atoms with van der Waals surface area (Å²) in [6.45, 7) is -0.283. The fraction of sp³-hybridized carbons (Fsp3) is 0.0556. The van der Waals surface area contributed by atoms with Gasteiger partial charge >= 0.3 is 0 Å². The molecule has 0 aliphatic rings. The van der Waals surface area contributed by atoms with Gasteiger partial charge in [0.15, 0.2) is 11.6 Å². The number of rotatable bonds is 4. The third kappa shape index (κ3) is 3.64. The molecule has 3 rings (SSSR count). The maximum atomic E-state index is 13.8. The van der Waals surface area contributed by atoms with Gasteiger partial charge in [0.05, 0.1) is 5.02 Å². The first-order valence-electron chi connectivity index (χ1n) is 7.32. The first kappa shape index (κ1) is 17.0. The van der Waals surface area contributed by atoms with E-state index in [1.165, 1.54) is 0 Å². The lowest BCUT2D eigenvalue weighted by atomic mass is 10.1. The topological polar surface area (TPSA) is 74.2 Å². The van der Waals surface area contributed by atoms with Crippen molar-refractivity contribution >= 4 is 23.1 Å². The Kier molecular flexibility index (Phi) is 4.72. The van der Waals surface area contributed by atoms with Crippen LogP contribution in [0.25, 0.3) is 11.1 Å². The minimum atomic E-state index is -0.721. The van der Waals surface area contributed by atoms with E-state index < -0.39 is 11.6 Å². The Hall–Kier alpha value is -2.86. The average Bonchev–Trinajstić information content (AvgIpc) is 2.60. The zero-order valence-electron chi connectivity index (χ0n) is 13.0. The van der Waals surface area contributed by atoms with Crippen LogP contribution >= 0.6 is 11.6 Å². The molecule has 0 saturated heterocycles. The molecule has 25 heavy (non-hydrogen) atoms. The number of aromatic nitrogens is 1. The van der Waals surface area contributed by atoms with Crippen LogP contribution in [0.15, 0.2) is 48.7 Å². The lowest BCUT2D eigenvalue weighted by Gasteiger charge is -2.12. The van der Waals surface area contributed by atoms with Crippen molar-refractivity contribution in [2.45, 2.75) is 6.61 Å². The molecule has 4 N–H and O–H groups in total. The maximum absolute atomic E-state index is 13.8. The first-order chi connectivity index (χ1) is 12.0. The second-order valence-electron chi connectivity index (χ2n) is 5.34. The highest BCUT2D eigenvalue weighted by molar-refractivity contribution is 6.31. The molecular formula is C18H14ClF2N3O. The molecule has 0 spiro atoms. The fourth-order valence-corrected chi connectivity index (χ4v) is 2.51. The van der Waals surface area contributed by atoms with Crippen LogP contribution in [0.3, 0.4) is 0 Å². The number of pyridine rings is 1. The molecule has 1 heterocycles. The number of hydrogen-bond donors (Lipinski definition) is 2. The molecular weight excluding hydrogens is 348 g/mol. The van der Waals surface area contributed by atoms with Gasteiger partial charge in [-0.3, -0.25) is 0 Å². The molecule has 7 heteroatoms. The van der Waals surface area contributed by atoms with E-state index in [9.17, 15) is 8.78 Å². The number of halogens is 3. The smallest absolute Gasteiger partial charge is 0.166 e. The summed E-state index contributed by atoms with van der Waals surface area (Å²) in [6, 6.07) is 10.8. The highest BCUT2D eigenvalue weighted by Crippen LogP contribution is 2.30. The molecule has 3 aromatic rings. The Bertz CT molecular complexity index is 934. The van der Waals surface area contributed by atoms with Crippen molar-refractivity contribution in [2.24, 2.45) is 0 Å². The highest BCUT2D eigenvalue weighted by Gasteiger charge is 2.14.